The number of aliphatic hydroxyl groups is 1. The van der Waals surface area contributed by atoms with Crippen LogP contribution in [0.3, 0.4) is 0 Å². The molecule has 1 heterocycles. The normalized spacial score (nSPS) is 21.6. The average Bonchev–Trinajstić information content (AvgIpc) is 2.92. The number of halogens is 3. The minimum Gasteiger partial charge on any atom is -0.496 e. The van der Waals surface area contributed by atoms with Crippen LogP contribution in [0.2, 0.25) is 0 Å². The van der Waals surface area contributed by atoms with E-state index in [2.05, 4.69) is 12.2 Å². The molecular weight excluding hydrogens is 569 g/mol. The van der Waals surface area contributed by atoms with Crippen LogP contribution < -0.4 is 10.1 Å². The summed E-state index contributed by atoms with van der Waals surface area (Å²) in [6.45, 7) is 2.09. The summed E-state index contributed by atoms with van der Waals surface area (Å²) >= 11 is 18.6. The van der Waals surface area contributed by atoms with Crippen molar-refractivity contribution in [2.45, 2.75) is 40.7 Å². The van der Waals surface area contributed by atoms with Crippen molar-refractivity contribution >= 4 is 58.2 Å². The number of benzene rings is 3. The van der Waals surface area contributed by atoms with Crippen LogP contribution in [0.25, 0.3) is 0 Å². The molecule has 0 radical (unpaired) electrons. The van der Waals surface area contributed by atoms with Gasteiger partial charge >= 0.3 is 0 Å². The van der Waals surface area contributed by atoms with Gasteiger partial charge in [-0.25, -0.2) is 0 Å². The van der Waals surface area contributed by atoms with E-state index < -0.39 is 16.0 Å². The first-order valence-electron chi connectivity index (χ1n) is 11.9. The van der Waals surface area contributed by atoms with E-state index in [1.165, 1.54) is 0 Å². The fourth-order valence-electron chi connectivity index (χ4n) is 4.15. The van der Waals surface area contributed by atoms with E-state index >= 15 is 0 Å². The van der Waals surface area contributed by atoms with Crippen LogP contribution in [0.5, 0.6) is 5.75 Å². The number of thioether (sulfide) groups is 1. The second-order valence-corrected chi connectivity index (χ2v) is 12.2. The third-order valence-electron chi connectivity index (χ3n) is 6.29. The molecule has 4 rings (SSSR count). The summed E-state index contributed by atoms with van der Waals surface area (Å²) in [5, 5.41) is 12.0. The second-order valence-electron chi connectivity index (χ2n) is 8.86. The lowest BCUT2D eigenvalue weighted by atomic mass is 9.91. The molecule has 3 aromatic carbocycles. The molecule has 1 fully saturated rings. The largest absolute Gasteiger partial charge is 0.496 e. The van der Waals surface area contributed by atoms with Gasteiger partial charge < -0.3 is 24.6 Å². The summed E-state index contributed by atoms with van der Waals surface area (Å²) in [5.74, 6) is 0.798. The zero-order valence-electron chi connectivity index (χ0n) is 20.8. The molecule has 6 nitrogen and oxygen atoms in total. The van der Waals surface area contributed by atoms with Gasteiger partial charge in [0.15, 0.2) is 6.29 Å². The quantitative estimate of drug-likeness (QED) is 0.214. The lowest BCUT2D eigenvalue weighted by molar-refractivity contribution is -0.268. The lowest BCUT2D eigenvalue weighted by Crippen LogP contribution is -2.38. The highest BCUT2D eigenvalue weighted by Gasteiger charge is 2.38. The van der Waals surface area contributed by atoms with Crippen molar-refractivity contribution in [3.63, 3.8) is 0 Å². The number of methoxy groups -OCH3 is 1. The van der Waals surface area contributed by atoms with Gasteiger partial charge in [0, 0.05) is 27.8 Å². The standard InChI is InChI=1S/C28H28Cl3NO5S/c1-17-23(16-38-24-6-4-3-5-22(24)35-2)36-26(37-25(17)19-9-7-18(15-33)8-10-19)20-11-13-21(14-12-20)32-27(34)28(29,30)31/h3-14,17,23,25-26,33H,15-16H2,1-2H3,(H,32,34). The molecule has 3 aromatic rings. The Bertz CT molecular complexity index is 1220. The van der Waals surface area contributed by atoms with Gasteiger partial charge in [0.05, 0.1) is 25.9 Å². The molecule has 2 N–H and O–H groups in total. The summed E-state index contributed by atoms with van der Waals surface area (Å²) in [4.78, 5) is 13.0. The molecule has 0 spiro atoms. The number of carbonyl (C=O) groups is 1. The van der Waals surface area contributed by atoms with Crippen molar-refractivity contribution in [1.29, 1.82) is 0 Å². The first-order valence-corrected chi connectivity index (χ1v) is 14.1. The highest BCUT2D eigenvalue weighted by molar-refractivity contribution is 7.99. The van der Waals surface area contributed by atoms with Crippen molar-refractivity contribution in [2.24, 2.45) is 5.92 Å². The van der Waals surface area contributed by atoms with Crippen LogP contribution in [-0.2, 0) is 20.9 Å². The number of rotatable bonds is 8. The highest BCUT2D eigenvalue weighted by Crippen LogP contribution is 2.43. The minimum atomic E-state index is -2.06. The Hall–Kier alpha value is -1.97. The molecule has 4 unspecified atom stereocenters. The molecule has 1 aliphatic heterocycles. The predicted octanol–water partition coefficient (Wildman–Crippen LogP) is 7.08. The van der Waals surface area contributed by atoms with E-state index in [9.17, 15) is 9.90 Å². The number of amides is 1. The number of hydrogen-bond acceptors (Lipinski definition) is 6. The van der Waals surface area contributed by atoms with E-state index in [-0.39, 0.29) is 24.7 Å². The number of alkyl halides is 3. The number of aliphatic hydroxyl groups excluding tert-OH is 1. The summed E-state index contributed by atoms with van der Waals surface area (Å²) in [6.07, 6.45) is -1.03. The van der Waals surface area contributed by atoms with Crippen molar-refractivity contribution in [3.8, 4) is 5.75 Å². The Morgan fingerprint density at radius 2 is 1.66 bits per heavy atom. The fourth-order valence-corrected chi connectivity index (χ4v) is 5.48. The molecule has 0 aliphatic carbocycles. The molecule has 0 bridgehead atoms. The molecular formula is C28H28Cl3NO5S. The van der Waals surface area contributed by atoms with E-state index in [1.54, 1.807) is 31.0 Å². The van der Waals surface area contributed by atoms with E-state index in [0.29, 0.717) is 11.4 Å². The number of para-hydroxylation sites is 1. The molecule has 38 heavy (non-hydrogen) atoms. The molecule has 10 heteroatoms. The maximum Gasteiger partial charge on any atom is 0.276 e. The molecule has 1 saturated heterocycles. The monoisotopic (exact) mass is 595 g/mol. The van der Waals surface area contributed by atoms with Crippen molar-refractivity contribution < 1.29 is 24.1 Å². The second kappa shape index (κ2) is 12.9. The van der Waals surface area contributed by atoms with Crippen molar-refractivity contribution in [3.05, 3.63) is 89.5 Å². The molecule has 0 saturated carbocycles. The van der Waals surface area contributed by atoms with Gasteiger partial charge in [-0.2, -0.15) is 0 Å². The Balaban J connectivity index is 1.56. The smallest absolute Gasteiger partial charge is 0.276 e. The van der Waals surface area contributed by atoms with E-state index in [0.717, 1.165) is 27.3 Å². The molecule has 0 aromatic heterocycles. The highest BCUT2D eigenvalue weighted by atomic mass is 35.6. The Morgan fingerprint density at radius 1 is 1.00 bits per heavy atom. The topological polar surface area (TPSA) is 77.0 Å². The van der Waals surface area contributed by atoms with E-state index in [4.69, 9.17) is 49.0 Å². The van der Waals surface area contributed by atoms with Gasteiger partial charge in [0.1, 0.15) is 5.75 Å². The van der Waals surface area contributed by atoms with Crippen molar-refractivity contribution in [2.75, 3.05) is 18.2 Å². The van der Waals surface area contributed by atoms with Crippen LogP contribution in [0, 0.1) is 5.92 Å². The Labute approximate surface area is 241 Å². The van der Waals surface area contributed by atoms with Gasteiger partial charge in [-0.15, -0.1) is 11.8 Å². The van der Waals surface area contributed by atoms with Gasteiger partial charge in [-0.05, 0) is 35.4 Å². The van der Waals surface area contributed by atoms with Crippen molar-refractivity contribution in [1.82, 2.24) is 0 Å². The molecule has 1 amide bonds. The van der Waals surface area contributed by atoms with Crippen LogP contribution >= 0.6 is 46.6 Å². The maximum atomic E-state index is 12.0. The van der Waals surface area contributed by atoms with Gasteiger partial charge in [0.25, 0.3) is 9.70 Å². The van der Waals surface area contributed by atoms with Gasteiger partial charge in [-0.1, -0.05) is 90.3 Å². The molecule has 4 atom stereocenters. The zero-order chi connectivity index (χ0) is 27.3. The first kappa shape index (κ1) is 29.0. The van der Waals surface area contributed by atoms with Gasteiger partial charge in [0.2, 0.25) is 0 Å². The van der Waals surface area contributed by atoms with Crippen LogP contribution in [-0.4, -0.2) is 33.8 Å². The third-order valence-corrected chi connectivity index (χ3v) is 7.95. The Kier molecular flexibility index (Phi) is 9.87. The van der Waals surface area contributed by atoms with Crippen LogP contribution in [0.4, 0.5) is 5.69 Å². The zero-order valence-corrected chi connectivity index (χ0v) is 23.9. The Morgan fingerprint density at radius 3 is 2.29 bits per heavy atom. The van der Waals surface area contributed by atoms with Crippen LogP contribution in [0.1, 0.15) is 36.0 Å². The molecule has 202 valence electrons. The predicted molar refractivity (Wildman–Crippen MR) is 152 cm³/mol. The number of carbonyl (C=O) groups excluding carboxylic acids is 1. The summed E-state index contributed by atoms with van der Waals surface area (Å²) in [6, 6.07) is 22.7. The first-order chi connectivity index (χ1) is 18.2. The average molecular weight is 597 g/mol. The third kappa shape index (κ3) is 7.16. The summed E-state index contributed by atoms with van der Waals surface area (Å²) in [5.41, 5.74) is 3.10. The minimum absolute atomic E-state index is 0.0214. The molecule has 1 aliphatic rings. The summed E-state index contributed by atoms with van der Waals surface area (Å²) in [7, 11) is 1.66. The number of anilines is 1. The fraction of sp³-hybridized carbons (Fsp3) is 0.321. The van der Waals surface area contributed by atoms with Gasteiger partial charge in [-0.3, -0.25) is 4.79 Å². The maximum absolute atomic E-state index is 12.0. The van der Waals surface area contributed by atoms with Crippen LogP contribution in [0.15, 0.2) is 77.7 Å². The number of ether oxygens (including phenoxy) is 3. The summed E-state index contributed by atoms with van der Waals surface area (Å²) < 4.78 is 16.4. The SMILES string of the molecule is COc1ccccc1SCC1OC(c2ccc(NC(=O)C(Cl)(Cl)Cl)cc2)OC(c2ccc(CO)cc2)C1C. The van der Waals surface area contributed by atoms with E-state index in [1.807, 2.05) is 60.7 Å². The number of hydrogen-bond donors (Lipinski definition) is 2. The lowest BCUT2D eigenvalue weighted by Gasteiger charge is -2.41. The number of nitrogens with one attached hydrogen (secondary N) is 1.